The Labute approximate surface area is 121 Å². The number of H-pyrrole nitrogens is 1. The van der Waals surface area contributed by atoms with Gasteiger partial charge in [-0.15, -0.1) is 0 Å². The van der Waals surface area contributed by atoms with Crippen molar-refractivity contribution < 1.29 is 4.79 Å². The molecule has 0 aliphatic heterocycles. The molecule has 0 spiro atoms. The predicted molar refractivity (Wildman–Crippen MR) is 80.8 cm³/mol. The molecule has 6 heteroatoms. The van der Waals surface area contributed by atoms with Crippen LogP contribution >= 0.6 is 11.6 Å². The van der Waals surface area contributed by atoms with Crippen molar-refractivity contribution in [2.75, 3.05) is 24.3 Å². The van der Waals surface area contributed by atoms with Crippen molar-refractivity contribution in [3.63, 3.8) is 0 Å². The Balaban J connectivity index is 2.30. The van der Waals surface area contributed by atoms with Crippen LogP contribution in [-0.4, -0.2) is 25.0 Å². The average Bonchev–Trinajstić information content (AvgIpc) is 2.39. The number of nitrogens with one attached hydrogen (secondary N) is 2. The summed E-state index contributed by atoms with van der Waals surface area (Å²) in [6, 6.07) is 8.06. The van der Waals surface area contributed by atoms with Gasteiger partial charge in [0, 0.05) is 26.4 Å². The van der Waals surface area contributed by atoms with E-state index >= 15 is 0 Å². The third-order valence-corrected chi connectivity index (χ3v) is 3.03. The van der Waals surface area contributed by atoms with Crippen LogP contribution in [0.3, 0.4) is 0 Å². The summed E-state index contributed by atoms with van der Waals surface area (Å²) in [6.45, 7) is 0. The van der Waals surface area contributed by atoms with Gasteiger partial charge in [-0.1, -0.05) is 17.7 Å². The van der Waals surface area contributed by atoms with Crippen LogP contribution < -0.4 is 15.8 Å². The first-order chi connectivity index (χ1) is 9.49. The lowest BCUT2D eigenvalue weighted by atomic mass is 10.2. The van der Waals surface area contributed by atoms with E-state index in [0.29, 0.717) is 16.3 Å². The lowest BCUT2D eigenvalue weighted by molar-refractivity contribution is 0.102. The summed E-state index contributed by atoms with van der Waals surface area (Å²) in [5.74, 6) is -0.313. The molecule has 0 atom stereocenters. The number of anilines is 2. The standard InChI is InChI=1S/C14H14ClN3O2/c1-18(2)13-10(15)4-3-5-11(13)17-14(20)9-6-7-12(19)16-8-9/h3-8H,1-2H3,(H,16,19)(H,17,20). The SMILES string of the molecule is CN(C)c1c(Cl)cccc1NC(=O)c1ccc(=O)[nH]c1. The summed E-state index contributed by atoms with van der Waals surface area (Å²) in [6.07, 6.45) is 1.37. The Morgan fingerprint density at radius 2 is 2.00 bits per heavy atom. The topological polar surface area (TPSA) is 65.2 Å². The largest absolute Gasteiger partial charge is 0.375 e. The summed E-state index contributed by atoms with van der Waals surface area (Å²) in [7, 11) is 3.69. The van der Waals surface area contributed by atoms with E-state index in [0.717, 1.165) is 5.69 Å². The summed E-state index contributed by atoms with van der Waals surface area (Å²) in [5.41, 5.74) is 1.46. The number of aromatic amines is 1. The van der Waals surface area contributed by atoms with Crippen LogP contribution in [0.2, 0.25) is 5.02 Å². The van der Waals surface area contributed by atoms with E-state index in [1.54, 1.807) is 18.2 Å². The number of halogens is 1. The Morgan fingerprint density at radius 3 is 2.60 bits per heavy atom. The third kappa shape index (κ3) is 3.00. The van der Waals surface area contributed by atoms with Crippen molar-refractivity contribution in [2.45, 2.75) is 0 Å². The van der Waals surface area contributed by atoms with Crippen LogP contribution in [0.15, 0.2) is 41.3 Å². The number of aromatic nitrogens is 1. The normalized spacial score (nSPS) is 10.2. The number of pyridine rings is 1. The lowest BCUT2D eigenvalue weighted by Gasteiger charge is -2.19. The van der Waals surface area contributed by atoms with Crippen LogP contribution in [0.1, 0.15) is 10.4 Å². The second-order valence-corrected chi connectivity index (χ2v) is 4.83. The summed E-state index contributed by atoms with van der Waals surface area (Å²) >= 11 is 6.13. The molecule has 1 aromatic carbocycles. The fraction of sp³-hybridized carbons (Fsp3) is 0.143. The molecule has 104 valence electrons. The molecule has 0 fully saturated rings. The highest BCUT2D eigenvalue weighted by Crippen LogP contribution is 2.32. The van der Waals surface area contributed by atoms with Gasteiger partial charge in [0.05, 0.1) is 22.0 Å². The van der Waals surface area contributed by atoms with E-state index in [2.05, 4.69) is 10.3 Å². The fourth-order valence-electron chi connectivity index (χ4n) is 1.82. The van der Waals surface area contributed by atoms with Crippen LogP contribution in [0, 0.1) is 0 Å². The highest BCUT2D eigenvalue weighted by Gasteiger charge is 2.12. The molecule has 0 saturated heterocycles. The summed E-state index contributed by atoms with van der Waals surface area (Å²) in [4.78, 5) is 27.4. The van der Waals surface area contributed by atoms with Crippen LogP contribution in [0.5, 0.6) is 0 Å². The fourth-order valence-corrected chi connectivity index (χ4v) is 2.16. The number of para-hydroxylation sites is 1. The van der Waals surface area contributed by atoms with Gasteiger partial charge >= 0.3 is 0 Å². The molecular formula is C14H14ClN3O2. The molecule has 0 saturated carbocycles. The number of carbonyl (C=O) groups is 1. The molecule has 0 radical (unpaired) electrons. The Bertz CT molecular complexity index is 675. The van der Waals surface area contributed by atoms with Gasteiger partial charge in [-0.05, 0) is 18.2 Å². The second-order valence-electron chi connectivity index (χ2n) is 4.43. The second kappa shape index (κ2) is 5.79. The number of nitrogens with zero attached hydrogens (tertiary/aromatic N) is 1. The zero-order valence-corrected chi connectivity index (χ0v) is 11.9. The molecule has 1 amide bonds. The van der Waals surface area contributed by atoms with Gasteiger partial charge in [-0.2, -0.15) is 0 Å². The zero-order chi connectivity index (χ0) is 14.7. The smallest absolute Gasteiger partial charge is 0.257 e. The molecule has 2 aromatic rings. The van der Waals surface area contributed by atoms with Gasteiger partial charge in [0.1, 0.15) is 0 Å². The van der Waals surface area contributed by atoms with Gasteiger partial charge < -0.3 is 15.2 Å². The Morgan fingerprint density at radius 1 is 1.25 bits per heavy atom. The molecule has 1 aromatic heterocycles. The first-order valence-electron chi connectivity index (χ1n) is 5.95. The van der Waals surface area contributed by atoms with E-state index in [1.165, 1.54) is 18.3 Å². The number of hydrogen-bond acceptors (Lipinski definition) is 3. The Kier molecular flexibility index (Phi) is 4.10. The van der Waals surface area contributed by atoms with E-state index in [4.69, 9.17) is 11.6 Å². The quantitative estimate of drug-likeness (QED) is 0.912. The Hall–Kier alpha value is -2.27. The van der Waals surface area contributed by atoms with Crippen molar-refractivity contribution in [3.05, 3.63) is 57.5 Å². The van der Waals surface area contributed by atoms with Crippen molar-refractivity contribution >= 4 is 28.9 Å². The average molecular weight is 292 g/mol. The molecule has 5 nitrogen and oxygen atoms in total. The summed E-state index contributed by atoms with van der Waals surface area (Å²) < 4.78 is 0. The van der Waals surface area contributed by atoms with Gasteiger partial charge in [-0.3, -0.25) is 9.59 Å². The van der Waals surface area contributed by atoms with E-state index in [1.807, 2.05) is 19.0 Å². The first kappa shape index (κ1) is 14.1. The summed E-state index contributed by atoms with van der Waals surface area (Å²) in [5, 5.41) is 3.33. The molecule has 20 heavy (non-hydrogen) atoms. The molecule has 1 heterocycles. The lowest BCUT2D eigenvalue weighted by Crippen LogP contribution is -2.18. The number of rotatable bonds is 3. The third-order valence-electron chi connectivity index (χ3n) is 2.73. The van der Waals surface area contributed by atoms with Crippen LogP contribution in [-0.2, 0) is 0 Å². The minimum absolute atomic E-state index is 0.252. The monoisotopic (exact) mass is 291 g/mol. The minimum Gasteiger partial charge on any atom is -0.375 e. The van der Waals surface area contributed by atoms with E-state index in [9.17, 15) is 9.59 Å². The molecule has 2 rings (SSSR count). The van der Waals surface area contributed by atoms with Gasteiger partial charge in [0.2, 0.25) is 5.56 Å². The van der Waals surface area contributed by atoms with Crippen molar-refractivity contribution in [3.8, 4) is 0 Å². The molecule has 0 aliphatic carbocycles. The number of carbonyl (C=O) groups excluding carboxylic acids is 1. The van der Waals surface area contributed by atoms with Gasteiger partial charge in [-0.25, -0.2) is 0 Å². The van der Waals surface area contributed by atoms with Crippen molar-refractivity contribution in [1.29, 1.82) is 0 Å². The van der Waals surface area contributed by atoms with Crippen LogP contribution in [0.4, 0.5) is 11.4 Å². The van der Waals surface area contributed by atoms with Crippen LogP contribution in [0.25, 0.3) is 0 Å². The number of benzene rings is 1. The van der Waals surface area contributed by atoms with E-state index < -0.39 is 0 Å². The number of hydrogen-bond donors (Lipinski definition) is 2. The minimum atomic E-state index is -0.313. The maximum atomic E-state index is 12.1. The predicted octanol–water partition coefficient (Wildman–Crippen LogP) is 2.35. The molecule has 2 N–H and O–H groups in total. The molecule has 0 bridgehead atoms. The van der Waals surface area contributed by atoms with Gasteiger partial charge in [0.15, 0.2) is 0 Å². The van der Waals surface area contributed by atoms with Crippen molar-refractivity contribution in [1.82, 2.24) is 4.98 Å². The molecule has 0 aliphatic rings. The molecule has 0 unspecified atom stereocenters. The van der Waals surface area contributed by atoms with Crippen molar-refractivity contribution in [2.24, 2.45) is 0 Å². The maximum Gasteiger partial charge on any atom is 0.257 e. The van der Waals surface area contributed by atoms with Gasteiger partial charge in [0.25, 0.3) is 5.91 Å². The van der Waals surface area contributed by atoms with E-state index in [-0.39, 0.29) is 11.5 Å². The maximum absolute atomic E-state index is 12.1. The number of amides is 1. The first-order valence-corrected chi connectivity index (χ1v) is 6.33. The highest BCUT2D eigenvalue weighted by atomic mass is 35.5. The molecular weight excluding hydrogens is 278 g/mol. The highest BCUT2D eigenvalue weighted by molar-refractivity contribution is 6.34. The zero-order valence-electron chi connectivity index (χ0n) is 11.1.